The van der Waals surface area contributed by atoms with Gasteiger partial charge in [0.15, 0.2) is 0 Å². The summed E-state index contributed by atoms with van der Waals surface area (Å²) in [6.07, 6.45) is 5.35. The Kier molecular flexibility index (Phi) is 7.92. The van der Waals surface area contributed by atoms with Crippen molar-refractivity contribution in [2.45, 2.75) is 33.0 Å². The lowest BCUT2D eigenvalue weighted by Crippen LogP contribution is -2.31. The summed E-state index contributed by atoms with van der Waals surface area (Å²) < 4.78 is 10.7. The Morgan fingerprint density at radius 1 is 1.06 bits per heavy atom. The Morgan fingerprint density at radius 3 is 2.56 bits per heavy atom. The largest absolute Gasteiger partial charge is 0.496 e. The SMILES string of the molecule is COCc1[nH]ncc1C(=O)N(Cc1ccc(Cc2ccc[nH]c2=O)cc1)Cc1nccc(OC)c1C. The van der Waals surface area contributed by atoms with Gasteiger partial charge in [0.2, 0.25) is 0 Å². The third-order valence-electron chi connectivity index (χ3n) is 6.03. The molecule has 1 aromatic carbocycles. The van der Waals surface area contributed by atoms with Crippen molar-refractivity contribution in [3.63, 3.8) is 0 Å². The first-order valence-corrected chi connectivity index (χ1v) is 11.5. The minimum absolute atomic E-state index is 0.0912. The maximum absolute atomic E-state index is 13.6. The second-order valence-electron chi connectivity index (χ2n) is 8.46. The molecule has 36 heavy (non-hydrogen) atoms. The number of nitrogens with zero attached hydrogens (tertiary/aromatic N) is 3. The summed E-state index contributed by atoms with van der Waals surface area (Å²) in [6.45, 7) is 2.83. The highest BCUT2D eigenvalue weighted by Gasteiger charge is 2.23. The van der Waals surface area contributed by atoms with Crippen molar-refractivity contribution < 1.29 is 14.3 Å². The number of hydrogen-bond acceptors (Lipinski definition) is 6. The summed E-state index contributed by atoms with van der Waals surface area (Å²) in [5.41, 5.74) is 5.27. The second kappa shape index (κ2) is 11.5. The van der Waals surface area contributed by atoms with E-state index in [0.29, 0.717) is 36.3 Å². The number of methoxy groups -OCH3 is 2. The molecule has 186 valence electrons. The monoisotopic (exact) mass is 487 g/mol. The summed E-state index contributed by atoms with van der Waals surface area (Å²) in [5, 5.41) is 6.89. The highest BCUT2D eigenvalue weighted by Crippen LogP contribution is 2.22. The molecule has 4 aromatic rings. The van der Waals surface area contributed by atoms with E-state index >= 15 is 0 Å². The molecule has 9 nitrogen and oxygen atoms in total. The average Bonchev–Trinajstić information content (AvgIpc) is 3.35. The van der Waals surface area contributed by atoms with Gasteiger partial charge in [0.25, 0.3) is 11.5 Å². The van der Waals surface area contributed by atoms with Gasteiger partial charge in [-0.15, -0.1) is 0 Å². The van der Waals surface area contributed by atoms with Crippen LogP contribution in [0.15, 0.2) is 65.8 Å². The van der Waals surface area contributed by atoms with E-state index in [1.165, 1.54) is 6.20 Å². The summed E-state index contributed by atoms with van der Waals surface area (Å²) in [4.78, 5) is 34.6. The maximum atomic E-state index is 13.6. The van der Waals surface area contributed by atoms with E-state index in [9.17, 15) is 9.59 Å². The third kappa shape index (κ3) is 5.69. The third-order valence-corrected chi connectivity index (χ3v) is 6.03. The van der Waals surface area contributed by atoms with Crippen molar-refractivity contribution in [1.29, 1.82) is 0 Å². The number of ether oxygens (including phenoxy) is 2. The maximum Gasteiger partial charge on any atom is 0.258 e. The predicted octanol–water partition coefficient (Wildman–Crippen LogP) is 3.39. The normalized spacial score (nSPS) is 10.9. The van der Waals surface area contributed by atoms with E-state index in [1.54, 1.807) is 37.6 Å². The van der Waals surface area contributed by atoms with Gasteiger partial charge in [-0.05, 0) is 30.2 Å². The molecule has 2 N–H and O–H groups in total. The molecular formula is C27H29N5O4. The van der Waals surface area contributed by atoms with Gasteiger partial charge >= 0.3 is 0 Å². The van der Waals surface area contributed by atoms with Crippen LogP contribution < -0.4 is 10.3 Å². The Bertz CT molecular complexity index is 1380. The van der Waals surface area contributed by atoms with Crippen LogP contribution in [-0.2, 0) is 30.9 Å². The van der Waals surface area contributed by atoms with Crippen LogP contribution in [0.5, 0.6) is 5.75 Å². The predicted molar refractivity (Wildman–Crippen MR) is 135 cm³/mol. The quantitative estimate of drug-likeness (QED) is 0.355. The fourth-order valence-corrected chi connectivity index (χ4v) is 4.04. The Morgan fingerprint density at radius 2 is 1.83 bits per heavy atom. The zero-order valence-electron chi connectivity index (χ0n) is 20.6. The van der Waals surface area contributed by atoms with Crippen molar-refractivity contribution in [2.75, 3.05) is 14.2 Å². The average molecular weight is 488 g/mol. The Balaban J connectivity index is 1.60. The molecule has 0 atom stereocenters. The number of carbonyl (C=O) groups excluding carboxylic acids is 1. The first-order valence-electron chi connectivity index (χ1n) is 11.5. The zero-order valence-corrected chi connectivity index (χ0v) is 20.6. The number of amides is 1. The van der Waals surface area contributed by atoms with Crippen molar-refractivity contribution in [3.05, 3.63) is 111 Å². The lowest BCUT2D eigenvalue weighted by Gasteiger charge is -2.24. The van der Waals surface area contributed by atoms with Crippen molar-refractivity contribution >= 4 is 5.91 Å². The van der Waals surface area contributed by atoms with Crippen LogP contribution in [0.25, 0.3) is 0 Å². The van der Waals surface area contributed by atoms with Crippen LogP contribution in [0, 0.1) is 6.92 Å². The van der Waals surface area contributed by atoms with E-state index in [0.717, 1.165) is 28.1 Å². The van der Waals surface area contributed by atoms with Gasteiger partial charge < -0.3 is 19.4 Å². The summed E-state index contributed by atoms with van der Waals surface area (Å²) in [6, 6.07) is 13.3. The van der Waals surface area contributed by atoms with E-state index in [2.05, 4.69) is 20.2 Å². The summed E-state index contributed by atoms with van der Waals surface area (Å²) in [5.74, 6) is 0.538. The molecule has 0 unspecified atom stereocenters. The van der Waals surface area contributed by atoms with Crippen LogP contribution in [-0.4, -0.2) is 45.2 Å². The number of hydrogen-bond donors (Lipinski definition) is 2. The molecule has 0 aliphatic heterocycles. The van der Waals surface area contributed by atoms with Gasteiger partial charge in [0.05, 0.1) is 43.4 Å². The van der Waals surface area contributed by atoms with Crippen LogP contribution in [0.1, 0.15) is 44.0 Å². The number of H-pyrrole nitrogens is 2. The van der Waals surface area contributed by atoms with Gasteiger partial charge in [-0.1, -0.05) is 30.3 Å². The van der Waals surface area contributed by atoms with E-state index in [-0.39, 0.29) is 18.1 Å². The van der Waals surface area contributed by atoms with Gasteiger partial charge in [-0.3, -0.25) is 19.7 Å². The number of pyridine rings is 2. The van der Waals surface area contributed by atoms with Crippen LogP contribution in [0.3, 0.4) is 0 Å². The standard InChI is InChI=1S/C27H29N5O4/c1-18-23(28-12-10-25(18)36-3)16-32(27(34)22-14-30-31-24(22)17-35-2)15-20-8-6-19(7-9-20)13-21-5-4-11-29-26(21)33/h4-12,14H,13,15-17H2,1-3H3,(H,29,33)(H,30,31). The van der Waals surface area contributed by atoms with E-state index in [4.69, 9.17) is 9.47 Å². The molecule has 4 rings (SSSR count). The van der Waals surface area contributed by atoms with Crippen molar-refractivity contribution in [3.8, 4) is 5.75 Å². The second-order valence-corrected chi connectivity index (χ2v) is 8.46. The fraction of sp³-hybridized carbons (Fsp3) is 0.259. The van der Waals surface area contributed by atoms with Crippen molar-refractivity contribution in [2.24, 2.45) is 0 Å². The fourth-order valence-electron chi connectivity index (χ4n) is 4.04. The number of carbonyl (C=O) groups is 1. The molecule has 1 amide bonds. The molecule has 0 fully saturated rings. The van der Waals surface area contributed by atoms with E-state index < -0.39 is 0 Å². The highest BCUT2D eigenvalue weighted by atomic mass is 16.5. The minimum atomic E-state index is -0.181. The smallest absolute Gasteiger partial charge is 0.258 e. The molecule has 3 heterocycles. The summed E-state index contributed by atoms with van der Waals surface area (Å²) in [7, 11) is 3.18. The Hall–Kier alpha value is -4.24. The highest BCUT2D eigenvalue weighted by molar-refractivity contribution is 5.95. The molecule has 0 saturated carbocycles. The molecular weight excluding hydrogens is 458 g/mol. The molecule has 0 bridgehead atoms. The molecule has 3 aromatic heterocycles. The molecule has 9 heteroatoms. The Labute approximate surface area is 209 Å². The van der Waals surface area contributed by atoms with Crippen LogP contribution in [0.2, 0.25) is 0 Å². The van der Waals surface area contributed by atoms with Gasteiger partial charge in [0.1, 0.15) is 5.75 Å². The number of rotatable bonds is 10. The zero-order chi connectivity index (χ0) is 25.5. The van der Waals surface area contributed by atoms with E-state index in [1.807, 2.05) is 43.3 Å². The van der Waals surface area contributed by atoms with Crippen LogP contribution >= 0.6 is 0 Å². The minimum Gasteiger partial charge on any atom is -0.496 e. The number of nitrogens with one attached hydrogen (secondary N) is 2. The van der Waals surface area contributed by atoms with Crippen molar-refractivity contribution in [1.82, 2.24) is 25.1 Å². The first kappa shape index (κ1) is 24.9. The van der Waals surface area contributed by atoms with Gasteiger partial charge in [-0.25, -0.2) is 0 Å². The number of aromatic nitrogens is 4. The molecule has 0 spiro atoms. The van der Waals surface area contributed by atoms with Gasteiger partial charge in [0, 0.05) is 43.6 Å². The summed E-state index contributed by atoms with van der Waals surface area (Å²) >= 11 is 0. The topological polar surface area (TPSA) is 113 Å². The molecule has 0 aliphatic carbocycles. The molecule has 0 radical (unpaired) electrons. The molecule has 0 saturated heterocycles. The molecule has 0 aliphatic rings. The lowest BCUT2D eigenvalue weighted by atomic mass is 10.0. The van der Waals surface area contributed by atoms with Crippen LogP contribution in [0.4, 0.5) is 0 Å². The number of benzene rings is 1. The first-order chi connectivity index (χ1) is 17.5. The van der Waals surface area contributed by atoms with Gasteiger partial charge in [-0.2, -0.15) is 5.10 Å². The number of aromatic amines is 2. The lowest BCUT2D eigenvalue weighted by molar-refractivity contribution is 0.0722.